The topological polar surface area (TPSA) is 185 Å². The number of carboxylic acid groups (broad SMARTS) is 2. The Morgan fingerprint density at radius 3 is 0.320 bits per heavy atom. The Bertz CT molecular complexity index is 1830. The Morgan fingerprint density at radius 2 is 0.230 bits per heavy atom. The molecule has 0 bridgehead atoms. The van der Waals surface area contributed by atoms with Gasteiger partial charge in [0.25, 0.3) is 0 Å². The molecule has 0 aromatic rings. The van der Waals surface area contributed by atoms with Crippen LogP contribution in [0.2, 0.25) is 0 Å². The van der Waals surface area contributed by atoms with E-state index in [4.69, 9.17) is 18.9 Å². The van der Waals surface area contributed by atoms with Crippen molar-refractivity contribution in [1.29, 1.82) is 0 Å². The van der Waals surface area contributed by atoms with Crippen LogP contribution in [-0.4, -0.2) is 79.7 Å². The van der Waals surface area contributed by atoms with E-state index >= 15 is 0 Å². The molecule has 0 aliphatic carbocycles. The number of ether oxygens (including phenoxy) is 4. The third-order valence-corrected chi connectivity index (χ3v) is 24.9. The molecule has 0 atom stereocenters. The van der Waals surface area contributed by atoms with Gasteiger partial charge in [0, 0.05) is 37.6 Å². The number of hydrogen-bond donors (Lipinski definition) is 0. The number of rotatable bonds is 100. The van der Waals surface area contributed by atoms with Crippen molar-refractivity contribution in [3.63, 3.8) is 0 Å². The fourth-order valence-electron chi connectivity index (χ4n) is 16.7. The van der Waals surface area contributed by atoms with Crippen LogP contribution < -0.4 is 10.2 Å². The van der Waals surface area contributed by atoms with Gasteiger partial charge in [-0.25, -0.2) is 0 Å². The number of carbonyl (C=O) groups is 6. The molecule has 122 heavy (non-hydrogen) atoms. The maximum absolute atomic E-state index is 13.7. The Balaban J connectivity index is -0.00000137. The van der Waals surface area contributed by atoms with Gasteiger partial charge in [-0.15, -0.1) is 0 Å². The zero-order valence-corrected chi connectivity index (χ0v) is 85.2. The Kier molecular flexibility index (Phi) is 115. The molecule has 0 radical (unpaired) electrons. The van der Waals surface area contributed by atoms with Gasteiger partial charge in [-0.05, 0) is 51.4 Å². The zero-order valence-electron chi connectivity index (χ0n) is 83.0. The molecule has 720 valence electrons. The predicted molar refractivity (Wildman–Crippen MR) is 520 cm³/mol. The number of carbonyl (C=O) groups excluding carboxylic acids is 6. The van der Waals surface area contributed by atoms with Crippen LogP contribution in [0.4, 0.5) is 0 Å². The van der Waals surface area contributed by atoms with Gasteiger partial charge in [-0.1, -0.05) is 581 Å². The third-order valence-electron chi connectivity index (χ3n) is 24.9. The van der Waals surface area contributed by atoms with E-state index in [1.807, 2.05) is 0 Å². The number of carboxylic acids is 2. The predicted octanol–water partition coefficient (Wildman–Crippen LogP) is 34.4. The maximum Gasteiger partial charge on any atom is 2.00 e. The summed E-state index contributed by atoms with van der Waals surface area (Å²) in [6.07, 6.45) is 110. The maximum atomic E-state index is 13.7. The molecule has 0 spiro atoms. The first-order chi connectivity index (χ1) is 59.4. The number of aliphatic carboxylic acids is 2. The minimum absolute atomic E-state index is 0. The fourth-order valence-corrected chi connectivity index (χ4v) is 16.7. The molecular formula is C109H210CaO12. The van der Waals surface area contributed by atoms with E-state index in [0.29, 0.717) is 25.7 Å². The van der Waals surface area contributed by atoms with Crippen LogP contribution in [0.5, 0.6) is 0 Å². The van der Waals surface area contributed by atoms with Crippen molar-refractivity contribution in [3.8, 4) is 0 Å². The van der Waals surface area contributed by atoms with Gasteiger partial charge in [-0.2, -0.15) is 0 Å². The average Bonchev–Trinajstić information content (AvgIpc) is 0.827. The first-order valence-electron chi connectivity index (χ1n) is 54.6. The molecule has 0 aliphatic rings. The van der Waals surface area contributed by atoms with Crippen LogP contribution in [0.15, 0.2) is 0 Å². The van der Waals surface area contributed by atoms with E-state index in [1.54, 1.807) is 0 Å². The molecule has 0 fully saturated rings. The van der Waals surface area contributed by atoms with Gasteiger partial charge >= 0.3 is 67.8 Å². The average molecular weight is 1750 g/mol. The summed E-state index contributed by atoms with van der Waals surface area (Å²) >= 11 is 0. The first-order valence-corrected chi connectivity index (χ1v) is 54.6. The van der Waals surface area contributed by atoms with Crippen molar-refractivity contribution < 1.29 is 57.9 Å². The smallest absolute Gasteiger partial charge is 0.550 e. The van der Waals surface area contributed by atoms with Crippen molar-refractivity contribution in [2.24, 2.45) is 0 Å². The number of esters is 4. The summed E-state index contributed by atoms with van der Waals surface area (Å²) in [5.41, 5.74) is 0. The molecule has 0 heterocycles. The fraction of sp³-hybridized carbons (Fsp3) is 0.945. The largest absolute Gasteiger partial charge is 2.00 e. The van der Waals surface area contributed by atoms with Gasteiger partial charge in [-0.3, -0.25) is 19.2 Å². The molecule has 0 N–H and O–H groups in total. The molecule has 12 nitrogen and oxygen atoms in total. The molecule has 0 unspecified atom stereocenters. The van der Waals surface area contributed by atoms with Gasteiger partial charge in [0.15, 0.2) is 0 Å². The van der Waals surface area contributed by atoms with E-state index in [2.05, 4.69) is 41.5 Å². The second kappa shape index (κ2) is 111. The second-order valence-corrected chi connectivity index (χ2v) is 37.3. The van der Waals surface area contributed by atoms with Crippen molar-refractivity contribution in [2.45, 2.75) is 664 Å². The van der Waals surface area contributed by atoms with Crippen molar-refractivity contribution in [3.05, 3.63) is 0 Å². The van der Waals surface area contributed by atoms with E-state index in [1.165, 1.54) is 449 Å². The second-order valence-electron chi connectivity index (χ2n) is 37.3. The van der Waals surface area contributed by atoms with E-state index in [-0.39, 0.29) is 76.3 Å². The van der Waals surface area contributed by atoms with E-state index < -0.39 is 42.0 Å². The molecule has 0 aromatic carbocycles. The summed E-state index contributed by atoms with van der Waals surface area (Å²) in [6, 6.07) is 0. The summed E-state index contributed by atoms with van der Waals surface area (Å²) in [7, 11) is 0. The summed E-state index contributed by atoms with van der Waals surface area (Å²) in [5, 5.41) is 20.4. The molecule has 0 rings (SSSR count). The van der Waals surface area contributed by atoms with Gasteiger partial charge in [0.1, 0.15) is 0 Å². The van der Waals surface area contributed by atoms with Crippen molar-refractivity contribution in [1.82, 2.24) is 0 Å². The monoisotopic (exact) mass is 1750 g/mol. The Labute approximate surface area is 789 Å². The van der Waals surface area contributed by atoms with Crippen LogP contribution in [0.3, 0.4) is 0 Å². The van der Waals surface area contributed by atoms with Crippen LogP contribution in [0.1, 0.15) is 658 Å². The van der Waals surface area contributed by atoms with Crippen LogP contribution in [0, 0.1) is 0 Å². The molecule has 13 heteroatoms. The van der Waals surface area contributed by atoms with Crippen LogP contribution in [0.25, 0.3) is 0 Å². The van der Waals surface area contributed by atoms with Crippen molar-refractivity contribution in [2.75, 3.05) is 0 Å². The number of unbranched alkanes of at least 4 members (excludes halogenated alkanes) is 84. The molecule has 0 aromatic heterocycles. The van der Waals surface area contributed by atoms with Gasteiger partial charge in [0.2, 0.25) is 0 Å². The van der Waals surface area contributed by atoms with Crippen molar-refractivity contribution >= 4 is 73.6 Å². The summed E-state index contributed by atoms with van der Waals surface area (Å²) in [6.45, 7) is 13.6. The quantitative estimate of drug-likeness (QED) is 0.0243. The van der Waals surface area contributed by atoms with Gasteiger partial charge < -0.3 is 38.7 Å². The third kappa shape index (κ3) is 112. The van der Waals surface area contributed by atoms with Gasteiger partial charge in [0.05, 0.1) is 0 Å². The normalized spacial score (nSPS) is 11.3. The molecule has 0 aliphatic heterocycles. The van der Waals surface area contributed by atoms with E-state index in [0.717, 1.165) is 103 Å². The van der Waals surface area contributed by atoms with Crippen LogP contribution in [-0.2, 0) is 47.7 Å². The molecular weight excluding hydrogens is 1540 g/mol. The molecule has 0 amide bonds. The van der Waals surface area contributed by atoms with Crippen LogP contribution >= 0.6 is 0 Å². The SMILES string of the molecule is CCCCCCCCCCCCCCCCCC(=O)OC(OC(=O)CCCCCCCCCCCCCCCCC)(OC(=O)CCCCCCCCCCCCCCCCC)OC(=O)CCCCCCCCCCCCCCCCC.CCCCCCCCCCCCCCCCCC(=O)[O-].CCCCCCCCCCCCCCCCCC(=O)[O-].[Ca+2]. The summed E-state index contributed by atoms with van der Waals surface area (Å²) in [5.74, 6) is -4.62. The Morgan fingerprint density at radius 1 is 0.148 bits per heavy atom. The molecule has 0 saturated carbocycles. The molecule has 0 saturated heterocycles. The van der Waals surface area contributed by atoms with E-state index in [9.17, 15) is 39.0 Å². The Hall–Kier alpha value is -1.92. The minimum atomic E-state index is -2.86. The number of hydrogen-bond acceptors (Lipinski definition) is 12. The summed E-state index contributed by atoms with van der Waals surface area (Å²) in [4.78, 5) is 75.1. The zero-order chi connectivity index (χ0) is 88.7. The minimum Gasteiger partial charge on any atom is -0.550 e. The first kappa shape index (κ1) is 126. The standard InChI is InChI=1S/C73H140O8.2C18H36O2.Ca/c1-5-9-13-17-21-25-29-33-37-41-45-49-53-57-61-65-69(74)78-73(79-70(75)66-62-58-54-50-46-42-38-34-30-26-22-18-14-10-6-2,80-71(76)67-63-59-55-51-47-43-39-35-31-27-23-19-15-11-7-3)81-72(77)68-64-60-56-52-48-44-40-36-32-28-24-20-16-12-8-4;2*1-2-3-4-5-6-7-8-9-10-11-12-13-14-15-16-17-18(19)20;/h5-68H2,1-4H3;2*2-17H2,1H3,(H,19,20);/q;;;+2/p-2. The summed E-state index contributed by atoms with van der Waals surface area (Å²) < 4.78 is 23.1.